The van der Waals surface area contributed by atoms with Crippen molar-refractivity contribution in [3.63, 3.8) is 0 Å². The van der Waals surface area contributed by atoms with E-state index in [4.69, 9.17) is 4.74 Å². The molecule has 0 atom stereocenters. The molecule has 0 bridgehead atoms. The zero-order chi connectivity index (χ0) is 13.8. The minimum absolute atomic E-state index is 0.0864. The number of amides is 1. The molecule has 0 spiro atoms. The average molecular weight is 324 g/mol. The van der Waals surface area contributed by atoms with Crippen molar-refractivity contribution in [2.45, 2.75) is 13.3 Å². The van der Waals surface area contributed by atoms with Crippen molar-refractivity contribution >= 4 is 21.8 Å². The van der Waals surface area contributed by atoms with Crippen LogP contribution in [0.2, 0.25) is 0 Å². The zero-order valence-corrected chi connectivity index (χ0v) is 12.9. The molecule has 4 heteroatoms. The van der Waals surface area contributed by atoms with Crippen LogP contribution in [-0.2, 0) is 4.74 Å². The van der Waals surface area contributed by atoms with E-state index in [1.165, 1.54) is 5.57 Å². The van der Waals surface area contributed by atoms with Gasteiger partial charge < -0.3 is 9.64 Å². The van der Waals surface area contributed by atoms with Crippen LogP contribution in [0.5, 0.6) is 0 Å². The van der Waals surface area contributed by atoms with Crippen molar-refractivity contribution in [3.05, 3.63) is 45.4 Å². The molecule has 0 aliphatic carbocycles. The highest BCUT2D eigenvalue weighted by Crippen LogP contribution is 2.23. The molecule has 0 aromatic heterocycles. The number of methoxy groups -OCH3 is 1. The van der Waals surface area contributed by atoms with Gasteiger partial charge in [0.15, 0.2) is 0 Å². The van der Waals surface area contributed by atoms with Crippen molar-refractivity contribution in [1.29, 1.82) is 0 Å². The second-order valence-corrected chi connectivity index (χ2v) is 5.53. The lowest BCUT2D eigenvalue weighted by Crippen LogP contribution is -2.35. The molecule has 19 heavy (non-hydrogen) atoms. The van der Waals surface area contributed by atoms with E-state index in [0.29, 0.717) is 13.2 Å². The molecule has 1 aliphatic heterocycles. The summed E-state index contributed by atoms with van der Waals surface area (Å²) in [7, 11) is 1.70. The molecule has 1 aliphatic rings. The number of hydrogen-bond donors (Lipinski definition) is 0. The molecule has 0 saturated heterocycles. The molecule has 1 aromatic carbocycles. The molecule has 1 amide bonds. The lowest BCUT2D eigenvalue weighted by Gasteiger charge is -2.27. The van der Waals surface area contributed by atoms with Gasteiger partial charge in [0, 0.05) is 24.7 Å². The summed E-state index contributed by atoms with van der Waals surface area (Å²) in [5, 5.41) is 0. The van der Waals surface area contributed by atoms with Crippen molar-refractivity contribution in [1.82, 2.24) is 4.90 Å². The fraction of sp³-hybridized carbons (Fsp3) is 0.400. The third-order valence-electron chi connectivity index (χ3n) is 3.34. The zero-order valence-electron chi connectivity index (χ0n) is 11.3. The number of benzene rings is 1. The van der Waals surface area contributed by atoms with Crippen LogP contribution in [0.15, 0.2) is 34.3 Å². The summed E-state index contributed by atoms with van der Waals surface area (Å²) in [5.41, 5.74) is 3.09. The Morgan fingerprint density at radius 3 is 2.89 bits per heavy atom. The highest BCUT2D eigenvalue weighted by atomic mass is 79.9. The summed E-state index contributed by atoms with van der Waals surface area (Å²) in [4.78, 5) is 14.3. The number of hydrogen-bond acceptors (Lipinski definition) is 2. The van der Waals surface area contributed by atoms with Gasteiger partial charge >= 0.3 is 0 Å². The lowest BCUT2D eigenvalue weighted by atomic mass is 10.1. The van der Waals surface area contributed by atoms with Crippen molar-refractivity contribution in [2.24, 2.45) is 0 Å². The van der Waals surface area contributed by atoms with Crippen LogP contribution in [0.25, 0.3) is 0 Å². The van der Waals surface area contributed by atoms with E-state index in [2.05, 4.69) is 22.0 Å². The van der Waals surface area contributed by atoms with E-state index in [1.807, 2.05) is 30.0 Å². The van der Waals surface area contributed by atoms with Gasteiger partial charge in [-0.25, -0.2) is 0 Å². The first-order chi connectivity index (χ1) is 9.13. The molecular formula is C15H18BrNO2. The Morgan fingerprint density at radius 1 is 1.47 bits per heavy atom. The van der Waals surface area contributed by atoms with E-state index in [-0.39, 0.29) is 5.91 Å². The first-order valence-electron chi connectivity index (χ1n) is 6.34. The first-order valence-corrected chi connectivity index (χ1v) is 7.14. The fourth-order valence-electron chi connectivity index (χ4n) is 2.20. The fourth-order valence-corrected chi connectivity index (χ4v) is 2.63. The summed E-state index contributed by atoms with van der Waals surface area (Å²) in [5.74, 6) is 0.0864. The minimum atomic E-state index is 0.0864. The molecule has 1 heterocycles. The third kappa shape index (κ3) is 3.25. The molecule has 0 fully saturated rings. The number of ether oxygens (including phenoxy) is 1. The number of aryl methyl sites for hydroxylation is 1. The number of rotatable bonds is 3. The van der Waals surface area contributed by atoms with Crippen LogP contribution in [0.3, 0.4) is 0 Å². The predicted octanol–water partition coefficient (Wildman–Crippen LogP) is 3.18. The number of carbonyl (C=O) groups is 1. The van der Waals surface area contributed by atoms with Crippen molar-refractivity contribution in [3.8, 4) is 0 Å². The second kappa shape index (κ2) is 6.35. The molecular weight excluding hydrogens is 306 g/mol. The van der Waals surface area contributed by atoms with Crippen LogP contribution in [0.1, 0.15) is 22.3 Å². The van der Waals surface area contributed by atoms with E-state index in [9.17, 15) is 4.79 Å². The van der Waals surface area contributed by atoms with E-state index < -0.39 is 0 Å². The quantitative estimate of drug-likeness (QED) is 0.799. The Labute approximate surface area is 122 Å². The van der Waals surface area contributed by atoms with Gasteiger partial charge in [-0.15, -0.1) is 0 Å². The van der Waals surface area contributed by atoms with Gasteiger partial charge in [0.25, 0.3) is 5.91 Å². The van der Waals surface area contributed by atoms with Crippen molar-refractivity contribution < 1.29 is 9.53 Å². The van der Waals surface area contributed by atoms with Crippen LogP contribution >= 0.6 is 15.9 Å². The summed E-state index contributed by atoms with van der Waals surface area (Å²) in [6, 6.07) is 5.78. The normalized spacial score (nSPS) is 15.3. The Morgan fingerprint density at radius 2 is 2.26 bits per heavy atom. The standard InChI is InChI=1S/C15H18BrNO2/c1-11-4-3-5-13(14(11)16)15(18)17-8-6-12(7-9-17)10-19-2/h3-6H,7-10H2,1-2H3. The molecule has 102 valence electrons. The third-order valence-corrected chi connectivity index (χ3v) is 4.39. The van der Waals surface area contributed by atoms with Gasteiger partial charge in [-0.3, -0.25) is 4.79 Å². The minimum Gasteiger partial charge on any atom is -0.380 e. The van der Waals surface area contributed by atoms with Gasteiger partial charge in [0.1, 0.15) is 0 Å². The first kappa shape index (κ1) is 14.3. The van der Waals surface area contributed by atoms with Crippen LogP contribution in [0.4, 0.5) is 0 Å². The molecule has 2 rings (SSSR count). The largest absolute Gasteiger partial charge is 0.380 e. The van der Waals surface area contributed by atoms with Gasteiger partial charge in [-0.1, -0.05) is 18.2 Å². The van der Waals surface area contributed by atoms with Crippen LogP contribution < -0.4 is 0 Å². The van der Waals surface area contributed by atoms with Crippen LogP contribution in [-0.4, -0.2) is 37.6 Å². The molecule has 0 N–H and O–H groups in total. The van der Waals surface area contributed by atoms with E-state index >= 15 is 0 Å². The van der Waals surface area contributed by atoms with Gasteiger partial charge in [-0.05, 0) is 46.5 Å². The summed E-state index contributed by atoms with van der Waals surface area (Å²) >= 11 is 3.50. The highest BCUT2D eigenvalue weighted by Gasteiger charge is 2.20. The Kier molecular flexibility index (Phi) is 4.77. The molecule has 1 aromatic rings. The number of nitrogens with zero attached hydrogens (tertiary/aromatic N) is 1. The van der Waals surface area contributed by atoms with E-state index in [0.717, 1.165) is 28.6 Å². The van der Waals surface area contributed by atoms with Crippen LogP contribution in [0, 0.1) is 6.92 Å². The summed E-state index contributed by atoms with van der Waals surface area (Å²) < 4.78 is 6.01. The molecule has 0 unspecified atom stereocenters. The monoisotopic (exact) mass is 323 g/mol. The maximum atomic E-state index is 12.5. The Balaban J connectivity index is 2.12. The predicted molar refractivity (Wildman–Crippen MR) is 79.4 cm³/mol. The maximum absolute atomic E-state index is 12.5. The lowest BCUT2D eigenvalue weighted by molar-refractivity contribution is 0.0764. The highest BCUT2D eigenvalue weighted by molar-refractivity contribution is 9.10. The SMILES string of the molecule is COCC1=CCN(C(=O)c2cccc(C)c2Br)CC1. The topological polar surface area (TPSA) is 29.5 Å². The van der Waals surface area contributed by atoms with Gasteiger partial charge in [0.2, 0.25) is 0 Å². The smallest absolute Gasteiger partial charge is 0.255 e. The maximum Gasteiger partial charge on any atom is 0.255 e. The van der Waals surface area contributed by atoms with Gasteiger partial charge in [0.05, 0.1) is 12.2 Å². The van der Waals surface area contributed by atoms with Gasteiger partial charge in [-0.2, -0.15) is 0 Å². The summed E-state index contributed by atoms with van der Waals surface area (Å²) in [6.07, 6.45) is 2.98. The number of carbonyl (C=O) groups excluding carboxylic acids is 1. The Hall–Kier alpha value is -1.13. The number of halogens is 1. The molecule has 0 radical (unpaired) electrons. The van der Waals surface area contributed by atoms with E-state index in [1.54, 1.807) is 7.11 Å². The van der Waals surface area contributed by atoms with Crippen molar-refractivity contribution in [2.75, 3.05) is 26.8 Å². The summed E-state index contributed by atoms with van der Waals surface area (Å²) in [6.45, 7) is 4.08. The Bertz CT molecular complexity index is 511. The average Bonchev–Trinajstić information content (AvgIpc) is 2.42. The molecule has 3 nitrogen and oxygen atoms in total. The molecule has 0 saturated carbocycles. The second-order valence-electron chi connectivity index (χ2n) is 4.73.